The topological polar surface area (TPSA) is 41.6 Å². The number of hydrogen-bond acceptors (Lipinski definition) is 3. The molecule has 1 saturated carbocycles. The largest absolute Gasteiger partial charge is 0.481 e. The fourth-order valence-corrected chi connectivity index (χ4v) is 6.31. The molecule has 1 aliphatic carbocycles. The molecule has 6 heteroatoms. The van der Waals surface area contributed by atoms with E-state index in [0.29, 0.717) is 6.04 Å². The lowest BCUT2D eigenvalue weighted by molar-refractivity contribution is -0.145. The molecule has 2 aliphatic heterocycles. The number of piperidine rings is 1. The van der Waals surface area contributed by atoms with Crippen LogP contribution in [0.15, 0.2) is 48.5 Å². The predicted molar refractivity (Wildman–Crippen MR) is 118 cm³/mol. The second-order valence-corrected chi connectivity index (χ2v) is 9.76. The molecule has 5 rings (SSSR count). The Balaban J connectivity index is 1.43. The van der Waals surface area contributed by atoms with E-state index in [0.717, 1.165) is 44.2 Å². The van der Waals surface area contributed by atoms with Crippen LogP contribution in [0.3, 0.4) is 0 Å². The van der Waals surface area contributed by atoms with Crippen molar-refractivity contribution in [3.05, 3.63) is 65.7 Å². The summed E-state index contributed by atoms with van der Waals surface area (Å²) in [7, 11) is 0. The molecule has 2 aromatic rings. The zero-order chi connectivity index (χ0) is 22.3. The molecule has 170 valence electrons. The number of benzene rings is 2. The normalized spacial score (nSPS) is 31.3. The number of rotatable bonds is 5. The lowest BCUT2D eigenvalue weighted by atomic mass is 9.69. The molecule has 3 aliphatic rings. The van der Waals surface area contributed by atoms with Gasteiger partial charge in [-0.15, -0.1) is 0 Å². The molecule has 2 heterocycles. The molecule has 2 saturated heterocycles. The first-order valence-electron chi connectivity index (χ1n) is 11.6. The van der Waals surface area contributed by atoms with Crippen molar-refractivity contribution in [3.63, 3.8) is 0 Å². The number of carbonyl (C=O) groups is 1. The van der Waals surface area contributed by atoms with E-state index in [1.54, 1.807) is 0 Å². The summed E-state index contributed by atoms with van der Waals surface area (Å²) in [5.74, 6) is -1.68. The Morgan fingerprint density at radius 1 is 1.16 bits per heavy atom. The van der Waals surface area contributed by atoms with Crippen LogP contribution >= 0.6 is 0 Å². The minimum absolute atomic E-state index is 0.0211. The molecule has 1 amide bonds. The van der Waals surface area contributed by atoms with Crippen molar-refractivity contribution in [2.45, 2.75) is 69.6 Å². The van der Waals surface area contributed by atoms with Crippen molar-refractivity contribution in [1.29, 1.82) is 0 Å². The summed E-state index contributed by atoms with van der Waals surface area (Å²) in [6.07, 6.45) is 6.22. The summed E-state index contributed by atoms with van der Waals surface area (Å²) in [5.41, 5.74) is 1.23. The van der Waals surface area contributed by atoms with Crippen LogP contribution in [0.1, 0.15) is 44.6 Å². The molecule has 0 radical (unpaired) electrons. The van der Waals surface area contributed by atoms with Gasteiger partial charge in [-0.2, -0.15) is 0 Å². The first-order chi connectivity index (χ1) is 15.5. The van der Waals surface area contributed by atoms with Gasteiger partial charge in [0.05, 0.1) is 6.04 Å². The number of halogens is 2. The second-order valence-electron chi connectivity index (χ2n) is 9.76. The third-order valence-corrected chi connectivity index (χ3v) is 7.83. The van der Waals surface area contributed by atoms with E-state index in [4.69, 9.17) is 4.74 Å². The van der Waals surface area contributed by atoms with Crippen molar-refractivity contribution in [2.24, 2.45) is 5.41 Å². The summed E-state index contributed by atoms with van der Waals surface area (Å²) < 4.78 is 32.8. The van der Waals surface area contributed by atoms with E-state index >= 15 is 0 Å². The number of ether oxygens (including phenoxy) is 1. The van der Waals surface area contributed by atoms with Gasteiger partial charge in [-0.25, -0.2) is 8.78 Å². The Labute approximate surface area is 187 Å². The Kier molecular flexibility index (Phi) is 5.66. The summed E-state index contributed by atoms with van der Waals surface area (Å²) in [6, 6.07) is 14.2. The number of likely N-dealkylation sites (tertiary alicyclic amines) is 1. The highest BCUT2D eigenvalue weighted by molar-refractivity contribution is 5.79. The van der Waals surface area contributed by atoms with Crippen molar-refractivity contribution >= 4 is 5.91 Å². The highest BCUT2D eigenvalue weighted by atomic mass is 19.1. The quantitative estimate of drug-likeness (QED) is 0.746. The highest BCUT2D eigenvalue weighted by Crippen LogP contribution is 2.51. The van der Waals surface area contributed by atoms with Gasteiger partial charge in [0.25, 0.3) is 5.91 Å². The standard InChI is InChI=1S/C26H30F2N2O2/c1-26-15-20-21(13-17-7-3-2-4-8-17)30(24(26)10-6-5-9-23(26)29-20)25(31)16-32-22-12-11-18(27)14-19(22)28/h2-4,7-8,11-12,14,20-21,23-24,29H,5-6,9-10,13,15-16H2,1H3/t20-,21-,23-,24+,26-/m0/s1. The molecule has 0 aromatic heterocycles. The molecule has 1 N–H and O–H groups in total. The van der Waals surface area contributed by atoms with Crippen LogP contribution in [0, 0.1) is 17.0 Å². The summed E-state index contributed by atoms with van der Waals surface area (Å²) in [5, 5.41) is 3.87. The van der Waals surface area contributed by atoms with E-state index in [1.165, 1.54) is 18.1 Å². The number of nitrogens with one attached hydrogen (secondary N) is 1. The molecule has 0 unspecified atom stereocenters. The maximum atomic E-state index is 14.1. The molecular weight excluding hydrogens is 410 g/mol. The van der Waals surface area contributed by atoms with Gasteiger partial charge < -0.3 is 15.0 Å². The van der Waals surface area contributed by atoms with Gasteiger partial charge in [0, 0.05) is 29.6 Å². The average Bonchev–Trinajstić information content (AvgIpc) is 2.98. The zero-order valence-corrected chi connectivity index (χ0v) is 18.4. The van der Waals surface area contributed by atoms with Crippen molar-refractivity contribution in [2.75, 3.05) is 6.61 Å². The SMILES string of the molecule is C[C@]12C[C@@H]3N[C@H]1CCCC[C@H]2N(C(=O)COc1ccc(F)cc1F)[C@H]3Cc1ccccc1. The van der Waals surface area contributed by atoms with Crippen LogP contribution in [-0.4, -0.2) is 41.6 Å². The highest BCUT2D eigenvalue weighted by Gasteiger charge is 2.59. The molecule has 0 spiro atoms. The Morgan fingerprint density at radius 3 is 2.72 bits per heavy atom. The van der Waals surface area contributed by atoms with E-state index in [1.807, 2.05) is 18.2 Å². The summed E-state index contributed by atoms with van der Waals surface area (Å²) in [4.78, 5) is 15.7. The van der Waals surface area contributed by atoms with Crippen LogP contribution in [0.2, 0.25) is 0 Å². The number of carbonyl (C=O) groups excluding carboxylic acids is 1. The Hall–Kier alpha value is -2.47. The Morgan fingerprint density at radius 2 is 1.94 bits per heavy atom. The average molecular weight is 441 g/mol. The van der Waals surface area contributed by atoms with Gasteiger partial charge in [-0.05, 0) is 43.4 Å². The maximum Gasteiger partial charge on any atom is 0.261 e. The monoisotopic (exact) mass is 440 g/mol. The molecule has 3 fully saturated rings. The first-order valence-corrected chi connectivity index (χ1v) is 11.6. The third-order valence-electron chi connectivity index (χ3n) is 7.83. The van der Waals surface area contributed by atoms with Gasteiger partial charge in [0.1, 0.15) is 5.82 Å². The molecular formula is C26H30F2N2O2. The van der Waals surface area contributed by atoms with Crippen LogP contribution < -0.4 is 10.1 Å². The van der Waals surface area contributed by atoms with E-state index in [-0.39, 0.29) is 41.8 Å². The van der Waals surface area contributed by atoms with Gasteiger partial charge in [-0.1, -0.05) is 50.1 Å². The maximum absolute atomic E-state index is 14.1. The van der Waals surface area contributed by atoms with Gasteiger partial charge in [-0.3, -0.25) is 4.79 Å². The predicted octanol–water partition coefficient (Wildman–Crippen LogP) is 4.48. The summed E-state index contributed by atoms with van der Waals surface area (Å²) in [6.45, 7) is 2.07. The molecule has 32 heavy (non-hydrogen) atoms. The lowest BCUT2D eigenvalue weighted by Gasteiger charge is -2.51. The number of nitrogens with zero attached hydrogens (tertiary/aromatic N) is 1. The van der Waals surface area contributed by atoms with E-state index in [9.17, 15) is 13.6 Å². The number of amides is 1. The fourth-order valence-electron chi connectivity index (χ4n) is 6.31. The van der Waals surface area contributed by atoms with E-state index < -0.39 is 11.6 Å². The van der Waals surface area contributed by atoms with Crippen molar-refractivity contribution < 1.29 is 18.3 Å². The molecule has 4 nitrogen and oxygen atoms in total. The second kappa shape index (κ2) is 8.47. The fraction of sp³-hybridized carbons (Fsp3) is 0.500. The lowest BCUT2D eigenvalue weighted by Crippen LogP contribution is -2.62. The molecule has 2 aromatic carbocycles. The smallest absolute Gasteiger partial charge is 0.261 e. The van der Waals surface area contributed by atoms with Crippen LogP contribution in [0.4, 0.5) is 8.78 Å². The first kappa shape index (κ1) is 21.4. The van der Waals surface area contributed by atoms with Crippen LogP contribution in [0.5, 0.6) is 5.75 Å². The van der Waals surface area contributed by atoms with Gasteiger partial charge >= 0.3 is 0 Å². The van der Waals surface area contributed by atoms with Crippen molar-refractivity contribution in [1.82, 2.24) is 10.2 Å². The van der Waals surface area contributed by atoms with E-state index in [2.05, 4.69) is 29.3 Å². The summed E-state index contributed by atoms with van der Waals surface area (Å²) >= 11 is 0. The minimum Gasteiger partial charge on any atom is -0.481 e. The van der Waals surface area contributed by atoms with Gasteiger partial charge in [0.2, 0.25) is 0 Å². The molecule has 2 bridgehead atoms. The zero-order valence-electron chi connectivity index (χ0n) is 18.4. The number of hydrogen-bond donors (Lipinski definition) is 1. The third kappa shape index (κ3) is 3.79. The molecule has 5 atom stereocenters. The van der Waals surface area contributed by atoms with Crippen LogP contribution in [-0.2, 0) is 11.2 Å². The number of fused-ring (bicyclic) bond motifs is 1. The van der Waals surface area contributed by atoms with Gasteiger partial charge in [0.15, 0.2) is 18.2 Å². The van der Waals surface area contributed by atoms with Crippen LogP contribution in [0.25, 0.3) is 0 Å². The Bertz CT molecular complexity index is 985. The minimum atomic E-state index is -0.791. The van der Waals surface area contributed by atoms with Crippen molar-refractivity contribution in [3.8, 4) is 5.75 Å².